The van der Waals surface area contributed by atoms with Crippen molar-refractivity contribution in [2.75, 3.05) is 12.2 Å². The molecule has 0 bridgehead atoms. The molecule has 0 radical (unpaired) electrons. The highest BCUT2D eigenvalue weighted by Crippen LogP contribution is 2.22. The third kappa shape index (κ3) is 1.40. The summed E-state index contributed by atoms with van der Waals surface area (Å²) in [6.45, 7) is 4.21. The quantitative estimate of drug-likeness (QED) is 0.674. The van der Waals surface area contributed by atoms with Crippen LogP contribution < -0.4 is 5.12 Å². The Labute approximate surface area is 84.6 Å². The third-order valence-corrected chi connectivity index (χ3v) is 2.70. The summed E-state index contributed by atoms with van der Waals surface area (Å²) < 4.78 is 0. The van der Waals surface area contributed by atoms with Crippen molar-refractivity contribution in [2.24, 2.45) is 5.10 Å². The van der Waals surface area contributed by atoms with Gasteiger partial charge in [-0.3, -0.25) is 0 Å². The van der Waals surface area contributed by atoms with Gasteiger partial charge in [-0.25, -0.2) is 0 Å². The number of hydrogen-bond acceptors (Lipinski definition) is 3. The highest BCUT2D eigenvalue weighted by atomic mass is 15.8. The minimum absolute atomic E-state index is 0.384. The van der Waals surface area contributed by atoms with E-state index < -0.39 is 0 Å². The van der Waals surface area contributed by atoms with E-state index in [0.717, 1.165) is 11.4 Å². The molecule has 0 saturated carbocycles. The molecule has 2 rings (SSSR count). The first kappa shape index (κ1) is 9.21. The predicted molar refractivity (Wildman–Crippen MR) is 59.3 cm³/mol. The van der Waals surface area contributed by atoms with Crippen molar-refractivity contribution in [3.63, 3.8) is 0 Å². The lowest BCUT2D eigenvalue weighted by Gasteiger charge is -2.25. The minimum Gasteiger partial charge on any atom is -0.194 e. The number of hydrazine groups is 1. The van der Waals surface area contributed by atoms with Crippen molar-refractivity contribution in [1.82, 2.24) is 5.01 Å². The summed E-state index contributed by atoms with van der Waals surface area (Å²) in [5, 5.41) is 8.57. The van der Waals surface area contributed by atoms with Crippen LogP contribution in [0, 0.1) is 0 Å². The van der Waals surface area contributed by atoms with Gasteiger partial charge in [-0.2, -0.15) is 15.2 Å². The molecule has 1 aromatic rings. The lowest BCUT2D eigenvalue weighted by molar-refractivity contribution is 0.313. The van der Waals surface area contributed by atoms with Crippen molar-refractivity contribution in [3.8, 4) is 0 Å². The molecule has 1 unspecified atom stereocenters. The lowest BCUT2D eigenvalue weighted by atomic mass is 10.2. The monoisotopic (exact) mass is 189 g/mol. The molecular formula is C11H15N3. The first-order valence-electron chi connectivity index (χ1n) is 4.83. The summed E-state index contributed by atoms with van der Waals surface area (Å²) in [4.78, 5) is 0. The molecule has 0 N–H and O–H groups in total. The first-order chi connectivity index (χ1) is 6.70. The van der Waals surface area contributed by atoms with Crippen LogP contribution in [0.25, 0.3) is 0 Å². The normalized spacial score (nSPS) is 22.6. The van der Waals surface area contributed by atoms with Gasteiger partial charge in [-0.1, -0.05) is 18.2 Å². The number of nitrogens with zero attached hydrogens (tertiary/aromatic N) is 3. The van der Waals surface area contributed by atoms with Crippen LogP contribution >= 0.6 is 0 Å². The molecule has 0 aliphatic carbocycles. The van der Waals surface area contributed by atoms with Crippen LogP contribution in [0.15, 0.2) is 35.4 Å². The third-order valence-electron chi connectivity index (χ3n) is 2.70. The summed E-state index contributed by atoms with van der Waals surface area (Å²) in [6.07, 6.45) is 0. The smallest absolute Gasteiger partial charge is 0.0781 e. The zero-order valence-corrected chi connectivity index (χ0v) is 8.81. The predicted octanol–water partition coefficient (Wildman–Crippen LogP) is 2.12. The molecule has 0 aromatic heterocycles. The van der Waals surface area contributed by atoms with E-state index in [1.807, 2.05) is 23.3 Å². The van der Waals surface area contributed by atoms with E-state index in [-0.39, 0.29) is 0 Å². The standard InChI is InChI=1S/C11H15N3/c1-9-10(2)13(3)14(12-9)11-7-5-4-6-8-11/h4-8,10H,1-3H3. The Kier molecular flexibility index (Phi) is 2.25. The summed E-state index contributed by atoms with van der Waals surface area (Å²) in [6, 6.07) is 10.6. The van der Waals surface area contributed by atoms with E-state index in [0.29, 0.717) is 6.04 Å². The minimum atomic E-state index is 0.384. The number of anilines is 1. The van der Waals surface area contributed by atoms with E-state index in [1.54, 1.807) is 0 Å². The zero-order valence-electron chi connectivity index (χ0n) is 8.81. The van der Waals surface area contributed by atoms with Gasteiger partial charge in [0.25, 0.3) is 0 Å². The topological polar surface area (TPSA) is 18.8 Å². The Morgan fingerprint density at radius 3 is 2.36 bits per heavy atom. The van der Waals surface area contributed by atoms with Crippen molar-refractivity contribution < 1.29 is 0 Å². The Balaban J connectivity index is 2.30. The molecule has 0 saturated heterocycles. The number of rotatable bonds is 1. The second-order valence-electron chi connectivity index (χ2n) is 3.62. The fraction of sp³-hybridized carbons (Fsp3) is 0.364. The number of benzene rings is 1. The molecule has 0 spiro atoms. The fourth-order valence-corrected chi connectivity index (χ4v) is 1.54. The second kappa shape index (κ2) is 3.42. The Morgan fingerprint density at radius 2 is 1.86 bits per heavy atom. The average molecular weight is 189 g/mol. The molecule has 0 fully saturated rings. The summed E-state index contributed by atoms with van der Waals surface area (Å²) in [5.74, 6) is 0. The van der Waals surface area contributed by atoms with Crippen molar-refractivity contribution in [1.29, 1.82) is 0 Å². The molecule has 3 heteroatoms. The molecule has 1 aliphatic heterocycles. The van der Waals surface area contributed by atoms with Gasteiger partial charge in [0.1, 0.15) is 0 Å². The molecule has 1 aromatic carbocycles. The van der Waals surface area contributed by atoms with Gasteiger partial charge in [0, 0.05) is 7.05 Å². The number of hydrazone groups is 1. The van der Waals surface area contributed by atoms with Crippen LogP contribution in [0.4, 0.5) is 5.69 Å². The maximum Gasteiger partial charge on any atom is 0.0781 e. The molecule has 74 valence electrons. The molecular weight excluding hydrogens is 174 g/mol. The van der Waals surface area contributed by atoms with Crippen molar-refractivity contribution >= 4 is 11.4 Å². The van der Waals surface area contributed by atoms with Crippen molar-refractivity contribution in [3.05, 3.63) is 30.3 Å². The number of hydrogen-bond donors (Lipinski definition) is 0. The summed E-state index contributed by atoms with van der Waals surface area (Å²) >= 11 is 0. The van der Waals surface area contributed by atoms with Crippen LogP contribution in [0.3, 0.4) is 0 Å². The second-order valence-corrected chi connectivity index (χ2v) is 3.62. The van der Waals surface area contributed by atoms with Crippen LogP contribution in [-0.2, 0) is 0 Å². The van der Waals surface area contributed by atoms with E-state index >= 15 is 0 Å². The Morgan fingerprint density at radius 1 is 1.21 bits per heavy atom. The molecule has 1 aliphatic rings. The van der Waals surface area contributed by atoms with E-state index in [2.05, 4.69) is 43.1 Å². The number of para-hydroxylation sites is 1. The van der Waals surface area contributed by atoms with Crippen LogP contribution in [0.5, 0.6) is 0 Å². The van der Waals surface area contributed by atoms with Gasteiger partial charge >= 0.3 is 0 Å². The Hall–Kier alpha value is -1.35. The molecule has 3 nitrogen and oxygen atoms in total. The summed E-state index contributed by atoms with van der Waals surface area (Å²) in [7, 11) is 2.05. The lowest BCUT2D eigenvalue weighted by Crippen LogP contribution is -2.37. The van der Waals surface area contributed by atoms with Gasteiger partial charge in [-0.05, 0) is 26.0 Å². The fourth-order valence-electron chi connectivity index (χ4n) is 1.54. The molecule has 1 atom stereocenters. The van der Waals surface area contributed by atoms with Gasteiger partial charge in [0.15, 0.2) is 0 Å². The largest absolute Gasteiger partial charge is 0.194 e. The van der Waals surface area contributed by atoms with E-state index in [4.69, 9.17) is 0 Å². The van der Waals surface area contributed by atoms with Gasteiger partial charge in [0.05, 0.1) is 17.4 Å². The average Bonchev–Trinajstić information content (AvgIpc) is 2.47. The Bertz CT molecular complexity index is 345. The SMILES string of the molecule is CC1=NN(c2ccccc2)N(C)C1C. The van der Waals surface area contributed by atoms with Gasteiger partial charge in [0.2, 0.25) is 0 Å². The van der Waals surface area contributed by atoms with E-state index in [1.165, 1.54) is 0 Å². The molecule has 14 heavy (non-hydrogen) atoms. The van der Waals surface area contributed by atoms with Crippen molar-refractivity contribution in [2.45, 2.75) is 19.9 Å². The highest BCUT2D eigenvalue weighted by molar-refractivity contribution is 5.89. The molecule has 1 heterocycles. The van der Waals surface area contributed by atoms with Gasteiger partial charge in [-0.15, -0.1) is 0 Å². The van der Waals surface area contributed by atoms with Crippen LogP contribution in [0.1, 0.15) is 13.8 Å². The van der Waals surface area contributed by atoms with Crippen LogP contribution in [-0.4, -0.2) is 23.8 Å². The van der Waals surface area contributed by atoms with Crippen LogP contribution in [0.2, 0.25) is 0 Å². The van der Waals surface area contributed by atoms with E-state index in [9.17, 15) is 0 Å². The highest BCUT2D eigenvalue weighted by Gasteiger charge is 2.26. The molecule has 0 amide bonds. The zero-order chi connectivity index (χ0) is 10.1. The first-order valence-corrected chi connectivity index (χ1v) is 4.83. The van der Waals surface area contributed by atoms with Gasteiger partial charge < -0.3 is 0 Å². The maximum atomic E-state index is 4.50. The summed E-state index contributed by atoms with van der Waals surface area (Å²) in [5.41, 5.74) is 2.26. The maximum absolute atomic E-state index is 4.50.